The molecule has 31 heavy (non-hydrogen) atoms. The number of hydrogen-bond acceptors (Lipinski definition) is 5. The molecule has 0 aliphatic rings. The Labute approximate surface area is 180 Å². The number of nitrogen functional groups attached to an aromatic ring is 1. The molecule has 0 aliphatic carbocycles. The predicted molar refractivity (Wildman–Crippen MR) is 118 cm³/mol. The van der Waals surface area contributed by atoms with Crippen molar-refractivity contribution in [1.82, 2.24) is 14.9 Å². The topological polar surface area (TPSA) is 89.2 Å². The number of benzene rings is 1. The summed E-state index contributed by atoms with van der Waals surface area (Å²) in [6.07, 6.45) is 4.31. The molecule has 3 rings (SSSR count). The molecule has 0 bridgehead atoms. The predicted octanol–water partition coefficient (Wildman–Crippen LogP) is 4.05. The highest BCUT2D eigenvalue weighted by molar-refractivity contribution is 5.94. The highest BCUT2D eigenvalue weighted by Crippen LogP contribution is 2.23. The molecule has 0 saturated heterocycles. The van der Waals surface area contributed by atoms with Crippen LogP contribution in [0.3, 0.4) is 0 Å². The van der Waals surface area contributed by atoms with Gasteiger partial charge in [0.05, 0.1) is 0 Å². The van der Waals surface area contributed by atoms with Gasteiger partial charge >= 0.3 is 0 Å². The minimum absolute atomic E-state index is 0.0425. The van der Waals surface area contributed by atoms with Crippen LogP contribution in [-0.2, 0) is 17.8 Å². The molecule has 2 aromatic heterocycles. The van der Waals surface area contributed by atoms with Gasteiger partial charge in [0.15, 0.2) is 5.78 Å². The number of aromatic nitrogens is 2. The Balaban J connectivity index is 1.66. The molecule has 0 spiro atoms. The Kier molecular flexibility index (Phi) is 7.07. The summed E-state index contributed by atoms with van der Waals surface area (Å²) in [6.45, 7) is 1.99. The number of carbonyl (C=O) groups excluding carboxylic acids is 2. The zero-order valence-corrected chi connectivity index (χ0v) is 17.6. The van der Waals surface area contributed by atoms with E-state index >= 15 is 0 Å². The molecule has 7 heteroatoms. The number of ketones is 1. The summed E-state index contributed by atoms with van der Waals surface area (Å²) in [5.41, 5.74) is 8.80. The SMILES string of the molecule is CCC(=O)N(C)Cc1ccc(-c2ccc(C(=O)CCc3cccnc3N)nc2)cc1F. The zero-order valence-electron chi connectivity index (χ0n) is 17.6. The number of rotatable bonds is 8. The lowest BCUT2D eigenvalue weighted by Gasteiger charge is -2.17. The monoisotopic (exact) mass is 420 g/mol. The summed E-state index contributed by atoms with van der Waals surface area (Å²) >= 11 is 0. The number of hydrogen-bond donors (Lipinski definition) is 1. The lowest BCUT2D eigenvalue weighted by Crippen LogP contribution is -2.25. The van der Waals surface area contributed by atoms with Gasteiger partial charge in [-0.1, -0.05) is 31.2 Å². The van der Waals surface area contributed by atoms with Crippen LogP contribution < -0.4 is 5.73 Å². The van der Waals surface area contributed by atoms with Gasteiger partial charge in [0.1, 0.15) is 17.3 Å². The van der Waals surface area contributed by atoms with Crippen molar-refractivity contribution < 1.29 is 14.0 Å². The molecule has 2 heterocycles. The Morgan fingerprint density at radius 1 is 1.06 bits per heavy atom. The maximum Gasteiger partial charge on any atom is 0.222 e. The number of carbonyl (C=O) groups is 2. The third-order valence-electron chi connectivity index (χ3n) is 5.12. The fraction of sp³-hybridized carbons (Fsp3) is 0.250. The number of Topliss-reactive ketones (excluding diaryl/α,β-unsaturated/α-hetero) is 1. The molecule has 0 saturated carbocycles. The molecular weight excluding hydrogens is 395 g/mol. The quantitative estimate of drug-likeness (QED) is 0.556. The Hall–Kier alpha value is -3.61. The van der Waals surface area contributed by atoms with E-state index in [9.17, 15) is 14.0 Å². The first kappa shape index (κ1) is 22.1. The van der Waals surface area contributed by atoms with E-state index in [-0.39, 0.29) is 30.5 Å². The van der Waals surface area contributed by atoms with E-state index in [2.05, 4.69) is 9.97 Å². The first-order valence-corrected chi connectivity index (χ1v) is 10.1. The van der Waals surface area contributed by atoms with Crippen LogP contribution >= 0.6 is 0 Å². The van der Waals surface area contributed by atoms with Crippen molar-refractivity contribution in [3.05, 3.63) is 77.5 Å². The third-order valence-corrected chi connectivity index (χ3v) is 5.12. The summed E-state index contributed by atoms with van der Waals surface area (Å²) in [7, 11) is 1.65. The van der Waals surface area contributed by atoms with E-state index in [1.54, 1.807) is 56.7 Å². The van der Waals surface area contributed by atoms with Crippen LogP contribution in [0.2, 0.25) is 0 Å². The summed E-state index contributed by atoms with van der Waals surface area (Å²) < 4.78 is 14.5. The summed E-state index contributed by atoms with van der Waals surface area (Å²) in [4.78, 5) is 33.9. The van der Waals surface area contributed by atoms with E-state index in [1.807, 2.05) is 6.07 Å². The molecule has 0 fully saturated rings. The van der Waals surface area contributed by atoms with Crippen LogP contribution in [0.25, 0.3) is 11.1 Å². The average Bonchev–Trinajstić information content (AvgIpc) is 2.79. The number of nitrogens with two attached hydrogens (primary N) is 1. The maximum absolute atomic E-state index is 14.5. The fourth-order valence-electron chi connectivity index (χ4n) is 3.24. The van der Waals surface area contributed by atoms with Gasteiger partial charge < -0.3 is 10.6 Å². The van der Waals surface area contributed by atoms with Gasteiger partial charge in [0, 0.05) is 50.0 Å². The summed E-state index contributed by atoms with van der Waals surface area (Å²) in [6, 6.07) is 11.9. The molecule has 2 N–H and O–H groups in total. The molecule has 1 aromatic carbocycles. The minimum atomic E-state index is -0.387. The first-order valence-electron chi connectivity index (χ1n) is 10.1. The van der Waals surface area contributed by atoms with Crippen LogP contribution in [0, 0.1) is 5.82 Å². The first-order chi connectivity index (χ1) is 14.9. The molecule has 0 aliphatic heterocycles. The third kappa shape index (κ3) is 5.51. The van der Waals surface area contributed by atoms with Crippen molar-refractivity contribution in [2.75, 3.05) is 12.8 Å². The van der Waals surface area contributed by atoms with Crippen LogP contribution in [0.15, 0.2) is 54.9 Å². The van der Waals surface area contributed by atoms with Crippen LogP contribution in [-0.4, -0.2) is 33.6 Å². The lowest BCUT2D eigenvalue weighted by molar-refractivity contribution is -0.130. The van der Waals surface area contributed by atoms with E-state index in [1.165, 1.54) is 11.0 Å². The zero-order chi connectivity index (χ0) is 22.4. The molecule has 0 atom stereocenters. The number of amides is 1. The molecule has 0 unspecified atom stereocenters. The molecule has 160 valence electrons. The second kappa shape index (κ2) is 9.93. The van der Waals surface area contributed by atoms with Crippen LogP contribution in [0.5, 0.6) is 0 Å². The van der Waals surface area contributed by atoms with Gasteiger partial charge in [0.25, 0.3) is 0 Å². The van der Waals surface area contributed by atoms with Gasteiger partial charge in [-0.15, -0.1) is 0 Å². The maximum atomic E-state index is 14.5. The number of pyridine rings is 2. The van der Waals surface area contributed by atoms with Crippen molar-refractivity contribution >= 4 is 17.5 Å². The standard InChI is InChI=1S/C24H25FN4O2/c1-3-23(31)29(2)15-19-7-6-17(13-20(19)25)18-8-10-21(28-14-18)22(30)11-9-16-5-4-12-27-24(16)26/h4-8,10,12-14H,3,9,11,15H2,1-2H3,(H2,26,27). The molecule has 6 nitrogen and oxygen atoms in total. The smallest absolute Gasteiger partial charge is 0.222 e. The van der Waals surface area contributed by atoms with E-state index in [0.717, 1.165) is 5.56 Å². The second-order valence-corrected chi connectivity index (χ2v) is 7.31. The fourth-order valence-corrected chi connectivity index (χ4v) is 3.24. The van der Waals surface area contributed by atoms with Crippen molar-refractivity contribution in [2.45, 2.75) is 32.7 Å². The van der Waals surface area contributed by atoms with E-state index < -0.39 is 0 Å². The molecular formula is C24H25FN4O2. The summed E-state index contributed by atoms with van der Waals surface area (Å²) in [5.74, 6) is -0.101. The Bertz CT molecular complexity index is 1080. The molecule has 3 aromatic rings. The minimum Gasteiger partial charge on any atom is -0.383 e. The number of anilines is 1. The largest absolute Gasteiger partial charge is 0.383 e. The summed E-state index contributed by atoms with van der Waals surface area (Å²) in [5, 5.41) is 0. The van der Waals surface area contributed by atoms with Crippen molar-refractivity contribution in [3.8, 4) is 11.1 Å². The van der Waals surface area contributed by atoms with Gasteiger partial charge in [-0.05, 0) is 35.7 Å². The van der Waals surface area contributed by atoms with Crippen molar-refractivity contribution in [3.63, 3.8) is 0 Å². The van der Waals surface area contributed by atoms with Gasteiger partial charge in [-0.3, -0.25) is 14.6 Å². The van der Waals surface area contributed by atoms with Gasteiger partial charge in [-0.25, -0.2) is 9.37 Å². The number of halogens is 1. The molecule has 0 radical (unpaired) electrons. The average molecular weight is 420 g/mol. The molecule has 1 amide bonds. The second-order valence-electron chi connectivity index (χ2n) is 7.31. The number of aryl methyl sites for hydroxylation is 1. The van der Waals surface area contributed by atoms with Gasteiger partial charge in [0.2, 0.25) is 5.91 Å². The number of nitrogens with zero attached hydrogens (tertiary/aromatic N) is 3. The van der Waals surface area contributed by atoms with Crippen molar-refractivity contribution in [1.29, 1.82) is 0 Å². The van der Waals surface area contributed by atoms with Gasteiger partial charge in [-0.2, -0.15) is 0 Å². The van der Waals surface area contributed by atoms with E-state index in [0.29, 0.717) is 41.0 Å². The Morgan fingerprint density at radius 3 is 2.48 bits per heavy atom. The Morgan fingerprint density at radius 2 is 1.84 bits per heavy atom. The van der Waals surface area contributed by atoms with E-state index in [4.69, 9.17) is 5.73 Å². The lowest BCUT2D eigenvalue weighted by atomic mass is 10.0. The highest BCUT2D eigenvalue weighted by atomic mass is 19.1. The highest BCUT2D eigenvalue weighted by Gasteiger charge is 2.13. The van der Waals surface area contributed by atoms with Crippen molar-refractivity contribution in [2.24, 2.45) is 0 Å². The van der Waals surface area contributed by atoms with Crippen LogP contribution in [0.1, 0.15) is 41.4 Å². The van der Waals surface area contributed by atoms with Crippen LogP contribution in [0.4, 0.5) is 10.2 Å². The normalized spacial score (nSPS) is 10.7.